The Kier molecular flexibility index (Phi) is 3.89. The standard InChI is InChI=1S/C13H15F3N2O2/c1-12(6-7-17-8-12)18-11(19)9-2-4-10(5-3-9)20-13(14,15)16/h2-5,17H,6-8H2,1H3,(H,18,19). The van der Waals surface area contributed by atoms with Crippen LogP contribution in [-0.4, -0.2) is 30.9 Å². The highest BCUT2D eigenvalue weighted by Crippen LogP contribution is 2.23. The summed E-state index contributed by atoms with van der Waals surface area (Å²) in [7, 11) is 0. The van der Waals surface area contributed by atoms with Crippen LogP contribution in [-0.2, 0) is 0 Å². The summed E-state index contributed by atoms with van der Waals surface area (Å²) in [6.45, 7) is 3.43. The fraction of sp³-hybridized carbons (Fsp3) is 0.462. The van der Waals surface area contributed by atoms with E-state index in [2.05, 4.69) is 15.4 Å². The average molecular weight is 288 g/mol. The third-order valence-electron chi connectivity index (χ3n) is 3.13. The van der Waals surface area contributed by atoms with Crippen LogP contribution in [0.1, 0.15) is 23.7 Å². The lowest BCUT2D eigenvalue weighted by Gasteiger charge is -2.24. The van der Waals surface area contributed by atoms with Gasteiger partial charge in [-0.05, 0) is 44.2 Å². The second-order valence-corrected chi connectivity index (χ2v) is 5.01. The molecule has 1 atom stereocenters. The van der Waals surface area contributed by atoms with Gasteiger partial charge in [-0.15, -0.1) is 13.2 Å². The molecule has 1 unspecified atom stereocenters. The van der Waals surface area contributed by atoms with Crippen molar-refractivity contribution in [2.75, 3.05) is 13.1 Å². The minimum absolute atomic E-state index is 0.299. The van der Waals surface area contributed by atoms with E-state index in [0.717, 1.165) is 25.1 Å². The molecule has 1 fully saturated rings. The zero-order chi connectivity index (χ0) is 14.8. The van der Waals surface area contributed by atoms with Crippen molar-refractivity contribution in [2.45, 2.75) is 25.2 Å². The van der Waals surface area contributed by atoms with Gasteiger partial charge in [0.15, 0.2) is 0 Å². The number of hydrogen-bond donors (Lipinski definition) is 2. The molecule has 0 bridgehead atoms. The van der Waals surface area contributed by atoms with E-state index in [1.165, 1.54) is 12.1 Å². The Hall–Kier alpha value is -1.76. The van der Waals surface area contributed by atoms with Crippen LogP contribution < -0.4 is 15.4 Å². The number of halogens is 3. The van der Waals surface area contributed by atoms with Gasteiger partial charge in [-0.3, -0.25) is 4.79 Å². The Bertz CT molecular complexity index is 479. The van der Waals surface area contributed by atoms with Gasteiger partial charge in [-0.1, -0.05) is 0 Å². The fourth-order valence-corrected chi connectivity index (χ4v) is 2.08. The second kappa shape index (κ2) is 5.32. The summed E-state index contributed by atoms with van der Waals surface area (Å²) in [5.41, 5.74) is -0.0225. The maximum absolute atomic E-state index is 12.0. The van der Waals surface area contributed by atoms with Gasteiger partial charge in [0.05, 0.1) is 5.54 Å². The first kappa shape index (κ1) is 14.6. The van der Waals surface area contributed by atoms with E-state index in [4.69, 9.17) is 0 Å². The maximum Gasteiger partial charge on any atom is 0.573 e. The molecule has 2 N–H and O–H groups in total. The SMILES string of the molecule is CC1(NC(=O)c2ccc(OC(F)(F)F)cc2)CCNC1. The monoisotopic (exact) mass is 288 g/mol. The zero-order valence-electron chi connectivity index (χ0n) is 10.9. The zero-order valence-corrected chi connectivity index (χ0v) is 10.9. The molecular formula is C13H15F3N2O2. The molecule has 0 spiro atoms. The van der Waals surface area contributed by atoms with Crippen molar-refractivity contribution in [3.63, 3.8) is 0 Å². The molecule has 0 aliphatic carbocycles. The molecule has 110 valence electrons. The molecule has 1 saturated heterocycles. The number of ether oxygens (including phenoxy) is 1. The molecule has 20 heavy (non-hydrogen) atoms. The second-order valence-electron chi connectivity index (χ2n) is 5.01. The number of alkyl halides is 3. The molecule has 1 aliphatic rings. The molecule has 0 saturated carbocycles. The topological polar surface area (TPSA) is 50.4 Å². The first-order chi connectivity index (χ1) is 9.27. The lowest BCUT2D eigenvalue weighted by atomic mass is 10.0. The van der Waals surface area contributed by atoms with Gasteiger partial charge in [0.25, 0.3) is 5.91 Å². The van der Waals surface area contributed by atoms with Gasteiger partial charge in [0.1, 0.15) is 5.75 Å². The van der Waals surface area contributed by atoms with Crippen LogP contribution in [0.25, 0.3) is 0 Å². The van der Waals surface area contributed by atoms with Crippen LogP contribution in [0.3, 0.4) is 0 Å². The quantitative estimate of drug-likeness (QED) is 0.895. The van der Waals surface area contributed by atoms with Crippen molar-refractivity contribution < 1.29 is 22.7 Å². The minimum Gasteiger partial charge on any atom is -0.406 e. The number of amides is 1. The molecular weight excluding hydrogens is 273 g/mol. The first-order valence-electron chi connectivity index (χ1n) is 6.16. The normalized spacial score (nSPS) is 22.6. The van der Waals surface area contributed by atoms with Gasteiger partial charge in [0, 0.05) is 12.1 Å². The largest absolute Gasteiger partial charge is 0.573 e. The van der Waals surface area contributed by atoms with Crippen LogP contribution in [0.4, 0.5) is 13.2 Å². The third-order valence-corrected chi connectivity index (χ3v) is 3.13. The van der Waals surface area contributed by atoms with Crippen molar-refractivity contribution in [1.29, 1.82) is 0 Å². The Labute approximate surface area is 114 Å². The van der Waals surface area contributed by atoms with E-state index >= 15 is 0 Å². The molecule has 0 radical (unpaired) electrons. The molecule has 0 aromatic heterocycles. The van der Waals surface area contributed by atoms with Gasteiger partial charge < -0.3 is 15.4 Å². The fourth-order valence-electron chi connectivity index (χ4n) is 2.08. The molecule has 1 amide bonds. The summed E-state index contributed by atoms with van der Waals surface area (Å²) < 4.78 is 39.8. The van der Waals surface area contributed by atoms with Crippen LogP contribution in [0.5, 0.6) is 5.75 Å². The van der Waals surface area contributed by atoms with Crippen molar-refractivity contribution in [1.82, 2.24) is 10.6 Å². The molecule has 2 rings (SSSR count). The van der Waals surface area contributed by atoms with E-state index in [-0.39, 0.29) is 17.2 Å². The van der Waals surface area contributed by atoms with Crippen molar-refractivity contribution in [3.8, 4) is 5.75 Å². The molecule has 4 nitrogen and oxygen atoms in total. The molecule has 1 aliphatic heterocycles. The van der Waals surface area contributed by atoms with Crippen molar-refractivity contribution in [2.24, 2.45) is 0 Å². The molecule has 7 heteroatoms. The summed E-state index contributed by atoms with van der Waals surface area (Å²) >= 11 is 0. The number of hydrogen-bond acceptors (Lipinski definition) is 3. The summed E-state index contributed by atoms with van der Waals surface area (Å²) in [5, 5.41) is 6.02. The summed E-state index contributed by atoms with van der Waals surface area (Å²) in [5.74, 6) is -0.655. The van der Waals surface area contributed by atoms with E-state index in [1.807, 2.05) is 6.92 Å². The number of benzene rings is 1. The molecule has 1 aromatic rings. The van der Waals surface area contributed by atoms with Gasteiger partial charge in [-0.2, -0.15) is 0 Å². The Morgan fingerprint density at radius 2 is 2.00 bits per heavy atom. The lowest BCUT2D eigenvalue weighted by molar-refractivity contribution is -0.274. The van der Waals surface area contributed by atoms with E-state index < -0.39 is 6.36 Å². The predicted molar refractivity (Wildman–Crippen MR) is 66.5 cm³/mol. The summed E-state index contributed by atoms with van der Waals surface area (Å²) in [6.07, 6.45) is -3.92. The van der Waals surface area contributed by atoms with E-state index in [9.17, 15) is 18.0 Å². The summed E-state index contributed by atoms with van der Waals surface area (Å²) in [4.78, 5) is 12.0. The molecule has 1 heterocycles. The van der Waals surface area contributed by atoms with Crippen LogP contribution in [0.2, 0.25) is 0 Å². The van der Waals surface area contributed by atoms with Gasteiger partial charge in [-0.25, -0.2) is 0 Å². The van der Waals surface area contributed by atoms with Crippen molar-refractivity contribution >= 4 is 5.91 Å². The van der Waals surface area contributed by atoms with E-state index in [0.29, 0.717) is 12.1 Å². The van der Waals surface area contributed by atoms with Crippen LogP contribution >= 0.6 is 0 Å². The van der Waals surface area contributed by atoms with Gasteiger partial charge in [0.2, 0.25) is 0 Å². The molecule has 1 aromatic carbocycles. The highest BCUT2D eigenvalue weighted by Gasteiger charge is 2.32. The first-order valence-corrected chi connectivity index (χ1v) is 6.16. The number of nitrogens with one attached hydrogen (secondary N) is 2. The average Bonchev–Trinajstić information content (AvgIpc) is 2.74. The Balaban J connectivity index is 2.00. The number of carbonyl (C=O) groups is 1. The number of rotatable bonds is 3. The minimum atomic E-state index is -4.73. The Morgan fingerprint density at radius 3 is 2.50 bits per heavy atom. The highest BCUT2D eigenvalue weighted by atomic mass is 19.4. The predicted octanol–water partition coefficient (Wildman–Crippen LogP) is 2.07. The highest BCUT2D eigenvalue weighted by molar-refractivity contribution is 5.94. The van der Waals surface area contributed by atoms with Gasteiger partial charge >= 0.3 is 6.36 Å². The van der Waals surface area contributed by atoms with Crippen molar-refractivity contribution in [3.05, 3.63) is 29.8 Å². The number of carbonyl (C=O) groups excluding carboxylic acids is 1. The van der Waals surface area contributed by atoms with Crippen LogP contribution in [0.15, 0.2) is 24.3 Å². The smallest absolute Gasteiger partial charge is 0.406 e. The van der Waals surface area contributed by atoms with Crippen LogP contribution in [0, 0.1) is 0 Å². The Morgan fingerprint density at radius 1 is 1.35 bits per heavy atom. The van der Waals surface area contributed by atoms with E-state index in [1.54, 1.807) is 0 Å². The summed E-state index contributed by atoms with van der Waals surface area (Å²) in [6, 6.07) is 4.86. The maximum atomic E-state index is 12.0. The lowest BCUT2D eigenvalue weighted by Crippen LogP contribution is -2.47. The third kappa shape index (κ3) is 3.86.